The zero-order valence-electron chi connectivity index (χ0n) is 13.9. The first kappa shape index (κ1) is 17.8. The fourth-order valence-corrected chi connectivity index (χ4v) is 3.22. The highest BCUT2D eigenvalue weighted by Gasteiger charge is 2.13. The molecule has 3 aromatic carbocycles. The molecule has 26 heavy (non-hydrogen) atoms. The van der Waals surface area contributed by atoms with Gasteiger partial charge >= 0.3 is 0 Å². The Morgan fingerprint density at radius 3 is 2.31 bits per heavy atom. The Kier molecular flexibility index (Phi) is 5.16. The fourth-order valence-electron chi connectivity index (χ4n) is 2.66. The van der Waals surface area contributed by atoms with Gasteiger partial charge in [0.2, 0.25) is 10.0 Å². The summed E-state index contributed by atoms with van der Waals surface area (Å²) in [5.74, 6) is -0.303. The predicted molar refractivity (Wildman–Crippen MR) is 101 cm³/mol. The first-order valence-corrected chi connectivity index (χ1v) is 9.54. The number of carbonyl (C=O) groups excluding carboxylic acids is 1. The summed E-state index contributed by atoms with van der Waals surface area (Å²) in [5.41, 5.74) is 2.90. The molecule has 3 N–H and O–H groups in total. The molecule has 0 atom stereocenters. The van der Waals surface area contributed by atoms with Crippen molar-refractivity contribution < 1.29 is 13.2 Å². The van der Waals surface area contributed by atoms with Crippen LogP contribution in [0.2, 0.25) is 0 Å². The molecule has 0 radical (unpaired) electrons. The van der Waals surface area contributed by atoms with Gasteiger partial charge in [-0.2, -0.15) is 0 Å². The van der Waals surface area contributed by atoms with Gasteiger partial charge in [-0.25, -0.2) is 13.6 Å². The molecule has 0 aliphatic carbocycles. The van der Waals surface area contributed by atoms with Crippen LogP contribution in [0.5, 0.6) is 0 Å². The summed E-state index contributed by atoms with van der Waals surface area (Å²) in [7, 11) is -3.83. The van der Waals surface area contributed by atoms with Gasteiger partial charge in [-0.3, -0.25) is 4.79 Å². The Morgan fingerprint density at radius 1 is 0.885 bits per heavy atom. The Bertz CT molecular complexity index is 1030. The topological polar surface area (TPSA) is 89.3 Å². The number of primary sulfonamides is 1. The van der Waals surface area contributed by atoms with Gasteiger partial charge in [0.1, 0.15) is 0 Å². The molecule has 0 unspecified atom stereocenters. The number of nitrogens with two attached hydrogens (primary N) is 1. The minimum absolute atomic E-state index is 0.0483. The number of benzene rings is 3. The Hall–Kier alpha value is -2.96. The molecule has 5 nitrogen and oxygen atoms in total. The summed E-state index contributed by atoms with van der Waals surface area (Å²) in [4.78, 5) is 12.6. The smallest absolute Gasteiger partial charge is 0.255 e. The summed E-state index contributed by atoms with van der Waals surface area (Å²) in [6, 6.07) is 23.1. The van der Waals surface area contributed by atoms with Crippen LogP contribution in [0.1, 0.15) is 21.5 Å². The maximum atomic E-state index is 12.7. The van der Waals surface area contributed by atoms with Crippen molar-refractivity contribution in [3.8, 4) is 0 Å². The average Bonchev–Trinajstić information content (AvgIpc) is 2.62. The van der Waals surface area contributed by atoms with E-state index in [1.165, 1.54) is 18.2 Å². The first-order valence-electron chi connectivity index (χ1n) is 7.99. The van der Waals surface area contributed by atoms with Crippen molar-refractivity contribution in [1.29, 1.82) is 0 Å². The highest BCUT2D eigenvalue weighted by Crippen LogP contribution is 2.18. The highest BCUT2D eigenvalue weighted by atomic mass is 32.2. The second-order valence-corrected chi connectivity index (χ2v) is 7.41. The van der Waals surface area contributed by atoms with Crippen LogP contribution in [0.3, 0.4) is 0 Å². The lowest BCUT2D eigenvalue weighted by Gasteiger charge is -2.11. The molecule has 0 fully saturated rings. The summed E-state index contributed by atoms with van der Waals surface area (Å²) >= 11 is 0. The van der Waals surface area contributed by atoms with E-state index < -0.39 is 10.0 Å². The normalized spacial score (nSPS) is 11.1. The maximum absolute atomic E-state index is 12.7. The molecule has 3 rings (SSSR count). The summed E-state index contributed by atoms with van der Waals surface area (Å²) in [6.45, 7) is 0. The Balaban J connectivity index is 1.85. The maximum Gasteiger partial charge on any atom is 0.255 e. The minimum atomic E-state index is -3.83. The van der Waals surface area contributed by atoms with E-state index in [1.807, 2.05) is 42.5 Å². The summed E-state index contributed by atoms with van der Waals surface area (Å²) in [6.07, 6.45) is 0.627. The van der Waals surface area contributed by atoms with Crippen LogP contribution in [-0.4, -0.2) is 14.3 Å². The van der Waals surface area contributed by atoms with Gasteiger partial charge in [0.25, 0.3) is 5.91 Å². The summed E-state index contributed by atoms with van der Waals surface area (Å²) in [5, 5.41) is 7.88. The van der Waals surface area contributed by atoms with Crippen LogP contribution >= 0.6 is 0 Å². The average molecular weight is 366 g/mol. The van der Waals surface area contributed by atoms with E-state index in [9.17, 15) is 13.2 Å². The van der Waals surface area contributed by atoms with Gasteiger partial charge in [0, 0.05) is 11.3 Å². The number of sulfonamides is 1. The quantitative estimate of drug-likeness (QED) is 0.727. The van der Waals surface area contributed by atoms with E-state index in [0.29, 0.717) is 17.7 Å². The second kappa shape index (κ2) is 7.51. The van der Waals surface area contributed by atoms with Crippen LogP contribution in [0.15, 0.2) is 83.8 Å². The molecule has 3 aromatic rings. The van der Waals surface area contributed by atoms with Crippen LogP contribution < -0.4 is 10.5 Å². The van der Waals surface area contributed by atoms with E-state index >= 15 is 0 Å². The highest BCUT2D eigenvalue weighted by molar-refractivity contribution is 7.89. The van der Waals surface area contributed by atoms with E-state index in [1.54, 1.807) is 18.2 Å². The van der Waals surface area contributed by atoms with Crippen LogP contribution in [0, 0.1) is 0 Å². The fraction of sp³-hybridized carbons (Fsp3) is 0.0500. The van der Waals surface area contributed by atoms with Crippen molar-refractivity contribution in [1.82, 2.24) is 0 Å². The minimum Gasteiger partial charge on any atom is -0.322 e. The molecule has 6 heteroatoms. The lowest BCUT2D eigenvalue weighted by molar-refractivity contribution is 0.102. The van der Waals surface area contributed by atoms with Crippen LogP contribution in [0.25, 0.3) is 0 Å². The first-order chi connectivity index (χ1) is 12.4. The van der Waals surface area contributed by atoms with Gasteiger partial charge in [-0.15, -0.1) is 0 Å². The van der Waals surface area contributed by atoms with Gasteiger partial charge in [-0.05, 0) is 41.8 Å². The van der Waals surface area contributed by atoms with Crippen molar-refractivity contribution in [2.45, 2.75) is 11.3 Å². The molecular weight excluding hydrogens is 348 g/mol. The Morgan fingerprint density at radius 2 is 1.58 bits per heavy atom. The Labute approximate surface area is 152 Å². The number of hydrogen-bond acceptors (Lipinski definition) is 3. The molecular formula is C20H18N2O3S. The standard InChI is InChI=1S/C20H18N2O3S/c21-26(24,25)18-11-6-10-17(14-18)22-20(23)19-12-5-4-9-16(19)13-15-7-2-1-3-8-15/h1-12,14H,13H2,(H,22,23)(H2,21,24,25). The molecule has 0 saturated heterocycles. The molecule has 0 aliphatic rings. The van der Waals surface area contributed by atoms with Gasteiger partial charge in [0.15, 0.2) is 0 Å². The molecule has 0 aliphatic heterocycles. The third kappa shape index (κ3) is 4.36. The van der Waals surface area contributed by atoms with Crippen LogP contribution in [0.4, 0.5) is 5.69 Å². The van der Waals surface area contributed by atoms with Crippen molar-refractivity contribution in [3.05, 3.63) is 95.6 Å². The van der Waals surface area contributed by atoms with E-state index in [2.05, 4.69) is 5.32 Å². The zero-order chi connectivity index (χ0) is 18.6. The van der Waals surface area contributed by atoms with E-state index in [-0.39, 0.29) is 10.8 Å². The summed E-state index contributed by atoms with van der Waals surface area (Å²) < 4.78 is 22.9. The third-order valence-electron chi connectivity index (χ3n) is 3.92. The van der Waals surface area contributed by atoms with E-state index in [0.717, 1.165) is 11.1 Å². The zero-order valence-corrected chi connectivity index (χ0v) is 14.7. The SMILES string of the molecule is NS(=O)(=O)c1cccc(NC(=O)c2ccccc2Cc2ccccc2)c1. The lowest BCUT2D eigenvalue weighted by atomic mass is 9.99. The predicted octanol–water partition coefficient (Wildman–Crippen LogP) is 3.18. The number of nitrogens with one attached hydrogen (secondary N) is 1. The molecule has 0 saturated carbocycles. The van der Waals surface area contributed by atoms with Crippen molar-refractivity contribution in [2.24, 2.45) is 5.14 Å². The monoisotopic (exact) mass is 366 g/mol. The van der Waals surface area contributed by atoms with Gasteiger partial charge in [0.05, 0.1) is 4.90 Å². The number of hydrogen-bond donors (Lipinski definition) is 2. The van der Waals surface area contributed by atoms with Gasteiger partial charge in [-0.1, -0.05) is 54.6 Å². The molecule has 1 amide bonds. The van der Waals surface area contributed by atoms with Gasteiger partial charge < -0.3 is 5.32 Å². The number of rotatable bonds is 5. The van der Waals surface area contributed by atoms with E-state index in [4.69, 9.17) is 5.14 Å². The van der Waals surface area contributed by atoms with Crippen molar-refractivity contribution >= 4 is 21.6 Å². The number of amides is 1. The molecule has 132 valence electrons. The largest absolute Gasteiger partial charge is 0.322 e. The molecule has 0 heterocycles. The number of carbonyl (C=O) groups is 1. The molecule has 0 aromatic heterocycles. The molecule has 0 spiro atoms. The molecule has 0 bridgehead atoms. The number of anilines is 1. The van der Waals surface area contributed by atoms with Crippen molar-refractivity contribution in [3.63, 3.8) is 0 Å². The third-order valence-corrected chi connectivity index (χ3v) is 4.83. The van der Waals surface area contributed by atoms with Crippen molar-refractivity contribution in [2.75, 3.05) is 5.32 Å². The van der Waals surface area contributed by atoms with Crippen LogP contribution in [-0.2, 0) is 16.4 Å². The second-order valence-electron chi connectivity index (χ2n) is 5.85. The lowest BCUT2D eigenvalue weighted by Crippen LogP contribution is -2.16.